The minimum Gasteiger partial charge on any atom is -0.508 e. The molecule has 1 aromatic rings. The first-order chi connectivity index (χ1) is 9.15. The summed E-state index contributed by atoms with van der Waals surface area (Å²) < 4.78 is 0. The summed E-state index contributed by atoms with van der Waals surface area (Å²) in [6.45, 7) is 1.83. The largest absolute Gasteiger partial charge is 0.508 e. The van der Waals surface area contributed by atoms with Gasteiger partial charge in [-0.15, -0.1) is 0 Å². The van der Waals surface area contributed by atoms with Gasteiger partial charge in [0, 0.05) is 12.6 Å². The number of benzene rings is 1. The van der Waals surface area contributed by atoms with Gasteiger partial charge in [-0.25, -0.2) is 0 Å². The van der Waals surface area contributed by atoms with Gasteiger partial charge in [-0.1, -0.05) is 18.6 Å². The molecule has 2 rings (SSSR count). The van der Waals surface area contributed by atoms with Gasteiger partial charge in [-0.2, -0.15) is 0 Å². The Kier molecular flexibility index (Phi) is 4.80. The molecule has 1 atom stereocenters. The third-order valence-corrected chi connectivity index (χ3v) is 3.73. The first-order valence-electron chi connectivity index (χ1n) is 6.90. The van der Waals surface area contributed by atoms with Gasteiger partial charge in [0.25, 0.3) is 0 Å². The molecule has 0 radical (unpaired) electrons. The van der Waals surface area contributed by atoms with Gasteiger partial charge in [0.1, 0.15) is 5.75 Å². The third-order valence-electron chi connectivity index (χ3n) is 3.73. The molecule has 1 aliphatic rings. The lowest BCUT2D eigenvalue weighted by atomic mass is 10.0. The van der Waals surface area contributed by atoms with Crippen LogP contribution in [-0.4, -0.2) is 42.1 Å². The van der Waals surface area contributed by atoms with Crippen molar-refractivity contribution in [2.75, 3.05) is 20.1 Å². The van der Waals surface area contributed by atoms with Crippen molar-refractivity contribution in [3.05, 3.63) is 29.8 Å². The molecule has 1 fully saturated rings. The minimum absolute atomic E-state index is 0.0181. The Hall–Kier alpha value is -1.55. The van der Waals surface area contributed by atoms with Crippen LogP contribution in [0, 0.1) is 0 Å². The number of likely N-dealkylation sites (N-methyl/N-ethyl adjacent to an activating group) is 1. The number of hydrogen-bond acceptors (Lipinski definition) is 3. The highest BCUT2D eigenvalue weighted by Gasteiger charge is 2.19. The standard InChI is InChI=1S/C15H22N2O2/c1-17-8-3-2-6-13(17)11-16-15(19)10-12-5-4-7-14(18)9-12/h4-5,7,9,13,18H,2-3,6,8,10-11H2,1H3,(H,16,19). The van der Waals surface area contributed by atoms with Crippen molar-refractivity contribution in [2.45, 2.75) is 31.7 Å². The van der Waals surface area contributed by atoms with Gasteiger partial charge in [-0.05, 0) is 44.1 Å². The summed E-state index contributed by atoms with van der Waals surface area (Å²) in [5.41, 5.74) is 0.842. The van der Waals surface area contributed by atoms with E-state index in [0.717, 1.165) is 18.5 Å². The van der Waals surface area contributed by atoms with Crippen LogP contribution in [0.15, 0.2) is 24.3 Å². The van der Waals surface area contributed by atoms with Crippen LogP contribution in [0.2, 0.25) is 0 Å². The number of rotatable bonds is 4. The monoisotopic (exact) mass is 262 g/mol. The summed E-state index contributed by atoms with van der Waals surface area (Å²) in [5.74, 6) is 0.224. The number of amides is 1. The van der Waals surface area contributed by atoms with Crippen molar-refractivity contribution in [1.82, 2.24) is 10.2 Å². The number of phenols is 1. The maximum absolute atomic E-state index is 11.9. The van der Waals surface area contributed by atoms with Crippen LogP contribution in [0.25, 0.3) is 0 Å². The summed E-state index contributed by atoms with van der Waals surface area (Å²) in [6, 6.07) is 7.31. The fourth-order valence-corrected chi connectivity index (χ4v) is 2.55. The van der Waals surface area contributed by atoms with E-state index in [9.17, 15) is 9.90 Å². The van der Waals surface area contributed by atoms with E-state index in [1.165, 1.54) is 12.8 Å². The number of carbonyl (C=O) groups excluding carboxylic acids is 1. The number of carbonyl (C=O) groups is 1. The summed E-state index contributed by atoms with van der Waals surface area (Å²) in [4.78, 5) is 14.2. The Morgan fingerprint density at radius 2 is 2.32 bits per heavy atom. The highest BCUT2D eigenvalue weighted by molar-refractivity contribution is 5.78. The van der Waals surface area contributed by atoms with E-state index in [1.807, 2.05) is 6.07 Å². The zero-order valence-corrected chi connectivity index (χ0v) is 11.4. The van der Waals surface area contributed by atoms with Crippen molar-refractivity contribution >= 4 is 5.91 Å². The van der Waals surface area contributed by atoms with Crippen molar-refractivity contribution < 1.29 is 9.90 Å². The zero-order chi connectivity index (χ0) is 13.7. The van der Waals surface area contributed by atoms with E-state index in [1.54, 1.807) is 18.2 Å². The maximum atomic E-state index is 11.9. The molecule has 1 aromatic carbocycles. The Morgan fingerprint density at radius 1 is 1.47 bits per heavy atom. The summed E-state index contributed by atoms with van der Waals surface area (Å²) >= 11 is 0. The fourth-order valence-electron chi connectivity index (χ4n) is 2.55. The van der Waals surface area contributed by atoms with Crippen molar-refractivity contribution in [2.24, 2.45) is 0 Å². The van der Waals surface area contributed by atoms with E-state index in [4.69, 9.17) is 0 Å². The van der Waals surface area contributed by atoms with E-state index in [2.05, 4.69) is 17.3 Å². The average Bonchev–Trinajstić information content (AvgIpc) is 2.38. The quantitative estimate of drug-likeness (QED) is 0.865. The number of phenolic OH excluding ortho intramolecular Hbond substituents is 1. The normalized spacial score (nSPS) is 20.2. The second-order valence-electron chi connectivity index (χ2n) is 5.28. The van der Waals surface area contributed by atoms with E-state index < -0.39 is 0 Å². The fraction of sp³-hybridized carbons (Fsp3) is 0.533. The van der Waals surface area contributed by atoms with Gasteiger partial charge in [0.05, 0.1) is 6.42 Å². The Labute approximate surface area is 114 Å². The maximum Gasteiger partial charge on any atom is 0.224 e. The lowest BCUT2D eigenvalue weighted by molar-refractivity contribution is -0.120. The van der Waals surface area contributed by atoms with Crippen LogP contribution in [0.5, 0.6) is 5.75 Å². The minimum atomic E-state index is 0.0181. The highest BCUT2D eigenvalue weighted by atomic mass is 16.3. The molecule has 104 valence electrons. The van der Waals surface area contributed by atoms with Crippen LogP contribution in [0.1, 0.15) is 24.8 Å². The molecule has 19 heavy (non-hydrogen) atoms. The molecule has 2 N–H and O–H groups in total. The molecule has 0 bridgehead atoms. The van der Waals surface area contributed by atoms with Gasteiger partial charge >= 0.3 is 0 Å². The molecule has 4 nitrogen and oxygen atoms in total. The summed E-state index contributed by atoms with van der Waals surface area (Å²) in [6.07, 6.45) is 3.98. The van der Waals surface area contributed by atoms with Crippen LogP contribution in [0.3, 0.4) is 0 Å². The molecule has 0 saturated carbocycles. The van der Waals surface area contributed by atoms with E-state index in [-0.39, 0.29) is 11.7 Å². The molecule has 1 unspecified atom stereocenters. The smallest absolute Gasteiger partial charge is 0.224 e. The first kappa shape index (κ1) is 13.9. The second-order valence-corrected chi connectivity index (χ2v) is 5.28. The van der Waals surface area contributed by atoms with E-state index >= 15 is 0 Å². The topological polar surface area (TPSA) is 52.6 Å². The number of nitrogens with zero attached hydrogens (tertiary/aromatic N) is 1. The lowest BCUT2D eigenvalue weighted by Gasteiger charge is -2.32. The third kappa shape index (κ3) is 4.24. The second kappa shape index (κ2) is 6.57. The number of hydrogen-bond donors (Lipinski definition) is 2. The molecule has 0 spiro atoms. The Morgan fingerprint density at radius 3 is 3.05 bits per heavy atom. The molecule has 0 aliphatic carbocycles. The SMILES string of the molecule is CN1CCCCC1CNC(=O)Cc1cccc(O)c1. The summed E-state index contributed by atoms with van der Waals surface area (Å²) in [7, 11) is 2.12. The lowest BCUT2D eigenvalue weighted by Crippen LogP contribution is -2.44. The molecule has 1 amide bonds. The zero-order valence-electron chi connectivity index (χ0n) is 11.4. The van der Waals surface area contributed by atoms with Crippen LogP contribution in [0.4, 0.5) is 0 Å². The Balaban J connectivity index is 1.78. The molecule has 4 heteroatoms. The molecule has 0 aromatic heterocycles. The van der Waals surface area contributed by atoms with Crippen molar-refractivity contribution in [3.63, 3.8) is 0 Å². The highest BCUT2D eigenvalue weighted by Crippen LogP contribution is 2.14. The van der Waals surface area contributed by atoms with Crippen molar-refractivity contribution in [3.8, 4) is 5.75 Å². The van der Waals surface area contributed by atoms with Crippen LogP contribution in [-0.2, 0) is 11.2 Å². The van der Waals surface area contributed by atoms with Gasteiger partial charge in [-0.3, -0.25) is 4.79 Å². The van der Waals surface area contributed by atoms with Crippen LogP contribution >= 0.6 is 0 Å². The number of likely N-dealkylation sites (tertiary alicyclic amines) is 1. The molecular formula is C15H22N2O2. The number of nitrogens with one attached hydrogen (secondary N) is 1. The summed E-state index contributed by atoms with van der Waals surface area (Å²) in [5, 5.41) is 12.3. The Bertz CT molecular complexity index is 434. The number of aromatic hydroxyl groups is 1. The van der Waals surface area contributed by atoms with Crippen LogP contribution < -0.4 is 5.32 Å². The van der Waals surface area contributed by atoms with Gasteiger partial charge in [0.2, 0.25) is 5.91 Å². The number of piperidine rings is 1. The molecular weight excluding hydrogens is 240 g/mol. The van der Waals surface area contributed by atoms with Gasteiger partial charge in [0.15, 0.2) is 0 Å². The molecule has 1 saturated heterocycles. The van der Waals surface area contributed by atoms with E-state index in [0.29, 0.717) is 19.0 Å². The molecule has 1 aliphatic heterocycles. The van der Waals surface area contributed by atoms with Gasteiger partial charge < -0.3 is 15.3 Å². The molecule has 1 heterocycles. The first-order valence-corrected chi connectivity index (χ1v) is 6.90. The predicted octanol–water partition coefficient (Wildman–Crippen LogP) is 1.54. The van der Waals surface area contributed by atoms with Crippen molar-refractivity contribution in [1.29, 1.82) is 0 Å². The average molecular weight is 262 g/mol. The predicted molar refractivity (Wildman–Crippen MR) is 75.1 cm³/mol.